The minimum Gasteiger partial charge on any atom is -0.481 e. The van der Waals surface area contributed by atoms with Crippen molar-refractivity contribution >= 4 is 11.9 Å². The number of carbonyl (C=O) groups excluding carboxylic acids is 1. The van der Waals surface area contributed by atoms with E-state index in [2.05, 4.69) is 5.32 Å². The summed E-state index contributed by atoms with van der Waals surface area (Å²) in [7, 11) is 1.51. The highest BCUT2D eigenvalue weighted by atomic mass is 16.4. The average Bonchev–Trinajstić information content (AvgIpc) is 2.16. The number of allylic oxidation sites excluding steroid dienone is 2. The van der Waals surface area contributed by atoms with Gasteiger partial charge in [-0.1, -0.05) is 19.1 Å². The fourth-order valence-corrected chi connectivity index (χ4v) is 1.21. The molecule has 4 nitrogen and oxygen atoms in total. The van der Waals surface area contributed by atoms with Crippen LogP contribution in [0.1, 0.15) is 20.3 Å². The van der Waals surface area contributed by atoms with Crippen molar-refractivity contribution in [1.82, 2.24) is 5.32 Å². The van der Waals surface area contributed by atoms with E-state index in [0.717, 1.165) is 0 Å². The molecule has 0 bridgehead atoms. The third kappa shape index (κ3) is 3.60. The molecule has 0 aromatic rings. The summed E-state index contributed by atoms with van der Waals surface area (Å²) in [5.74, 6) is -2.32. The standard InChI is InChI=1S/C10H17NO3/c1-4-5-6-8(10(13)14)7(2)9(12)11-3/h4-5,7-8H,6H2,1-3H3,(H,11,12)(H,13,14). The van der Waals surface area contributed by atoms with Crippen molar-refractivity contribution in [2.24, 2.45) is 11.8 Å². The van der Waals surface area contributed by atoms with Gasteiger partial charge in [-0.2, -0.15) is 0 Å². The zero-order valence-electron chi connectivity index (χ0n) is 8.78. The molecule has 0 radical (unpaired) electrons. The molecular weight excluding hydrogens is 182 g/mol. The lowest BCUT2D eigenvalue weighted by Gasteiger charge is -2.16. The van der Waals surface area contributed by atoms with E-state index < -0.39 is 17.8 Å². The Morgan fingerprint density at radius 2 is 2.07 bits per heavy atom. The summed E-state index contributed by atoms with van der Waals surface area (Å²) in [6, 6.07) is 0. The van der Waals surface area contributed by atoms with Gasteiger partial charge in [-0.05, 0) is 13.3 Å². The molecule has 0 rings (SSSR count). The molecule has 80 valence electrons. The fraction of sp³-hybridized carbons (Fsp3) is 0.600. The number of hydrogen-bond donors (Lipinski definition) is 2. The molecule has 0 fully saturated rings. The lowest BCUT2D eigenvalue weighted by Crippen LogP contribution is -2.34. The van der Waals surface area contributed by atoms with Gasteiger partial charge in [0.2, 0.25) is 5.91 Å². The molecule has 2 N–H and O–H groups in total. The van der Waals surface area contributed by atoms with Gasteiger partial charge in [-0.25, -0.2) is 0 Å². The zero-order valence-corrected chi connectivity index (χ0v) is 8.78. The van der Waals surface area contributed by atoms with Crippen LogP contribution in [0.15, 0.2) is 12.2 Å². The average molecular weight is 199 g/mol. The van der Waals surface area contributed by atoms with Gasteiger partial charge >= 0.3 is 5.97 Å². The molecule has 14 heavy (non-hydrogen) atoms. The highest BCUT2D eigenvalue weighted by Crippen LogP contribution is 2.16. The lowest BCUT2D eigenvalue weighted by atomic mass is 9.90. The third-order valence-electron chi connectivity index (χ3n) is 2.21. The van der Waals surface area contributed by atoms with Gasteiger partial charge in [0.15, 0.2) is 0 Å². The Labute approximate surface area is 84.0 Å². The number of hydrogen-bond acceptors (Lipinski definition) is 2. The quantitative estimate of drug-likeness (QED) is 0.650. The molecular formula is C10H17NO3. The summed E-state index contributed by atoms with van der Waals surface area (Å²) < 4.78 is 0. The minimum absolute atomic E-state index is 0.234. The van der Waals surface area contributed by atoms with Gasteiger partial charge in [0.25, 0.3) is 0 Å². The summed E-state index contributed by atoms with van der Waals surface area (Å²) in [6.45, 7) is 3.45. The number of aliphatic carboxylic acids is 1. The Kier molecular flexibility index (Phi) is 5.60. The van der Waals surface area contributed by atoms with Crippen molar-refractivity contribution in [2.75, 3.05) is 7.05 Å². The fourth-order valence-electron chi connectivity index (χ4n) is 1.21. The molecule has 2 atom stereocenters. The monoisotopic (exact) mass is 199 g/mol. The first kappa shape index (κ1) is 12.7. The summed E-state index contributed by atoms with van der Waals surface area (Å²) in [5.41, 5.74) is 0. The van der Waals surface area contributed by atoms with Crippen LogP contribution in [0, 0.1) is 11.8 Å². The molecule has 0 aromatic carbocycles. The van der Waals surface area contributed by atoms with Crippen molar-refractivity contribution in [2.45, 2.75) is 20.3 Å². The third-order valence-corrected chi connectivity index (χ3v) is 2.21. The SMILES string of the molecule is CC=CCC(C(=O)O)C(C)C(=O)NC. The highest BCUT2D eigenvalue weighted by Gasteiger charge is 2.28. The number of carboxylic acids is 1. The molecule has 0 saturated carbocycles. The van der Waals surface area contributed by atoms with Crippen LogP contribution in [0.25, 0.3) is 0 Å². The lowest BCUT2D eigenvalue weighted by molar-refractivity contribution is -0.146. The first-order valence-corrected chi connectivity index (χ1v) is 4.60. The molecule has 0 aliphatic carbocycles. The first-order chi connectivity index (χ1) is 6.54. The van der Waals surface area contributed by atoms with Crippen LogP contribution in [0.5, 0.6) is 0 Å². The molecule has 0 aliphatic rings. The summed E-state index contributed by atoms with van der Waals surface area (Å²) in [4.78, 5) is 22.1. The summed E-state index contributed by atoms with van der Waals surface area (Å²) in [6.07, 6.45) is 3.94. The van der Waals surface area contributed by atoms with Crippen LogP contribution in [0.4, 0.5) is 0 Å². The molecule has 0 aromatic heterocycles. The second kappa shape index (κ2) is 6.18. The van der Waals surface area contributed by atoms with Gasteiger partial charge in [-0.15, -0.1) is 0 Å². The second-order valence-corrected chi connectivity index (χ2v) is 3.15. The Bertz CT molecular complexity index is 236. The second-order valence-electron chi connectivity index (χ2n) is 3.15. The number of rotatable bonds is 5. The molecule has 1 amide bonds. The van der Waals surface area contributed by atoms with E-state index in [1.807, 2.05) is 6.92 Å². The molecule has 4 heteroatoms. The molecule has 0 aliphatic heterocycles. The maximum Gasteiger partial charge on any atom is 0.307 e. The van der Waals surface area contributed by atoms with E-state index in [-0.39, 0.29) is 5.91 Å². The minimum atomic E-state index is -0.931. The number of nitrogens with one attached hydrogen (secondary N) is 1. The summed E-state index contributed by atoms with van der Waals surface area (Å²) in [5, 5.41) is 11.4. The predicted molar refractivity (Wildman–Crippen MR) is 53.8 cm³/mol. The molecule has 0 spiro atoms. The van der Waals surface area contributed by atoms with E-state index >= 15 is 0 Å². The van der Waals surface area contributed by atoms with Crippen molar-refractivity contribution in [3.8, 4) is 0 Å². The Balaban J connectivity index is 4.48. The number of carboxylic acid groups (broad SMARTS) is 1. The topological polar surface area (TPSA) is 66.4 Å². The largest absolute Gasteiger partial charge is 0.481 e. The molecule has 2 unspecified atom stereocenters. The van der Waals surface area contributed by atoms with Crippen molar-refractivity contribution in [3.63, 3.8) is 0 Å². The normalized spacial score (nSPS) is 15.1. The van der Waals surface area contributed by atoms with E-state index in [9.17, 15) is 9.59 Å². The van der Waals surface area contributed by atoms with Crippen LogP contribution in [0.2, 0.25) is 0 Å². The van der Waals surface area contributed by atoms with Crippen molar-refractivity contribution in [3.05, 3.63) is 12.2 Å². The maximum absolute atomic E-state index is 11.2. The van der Waals surface area contributed by atoms with Crippen LogP contribution >= 0.6 is 0 Å². The Morgan fingerprint density at radius 3 is 2.43 bits per heavy atom. The van der Waals surface area contributed by atoms with Gasteiger partial charge in [0, 0.05) is 13.0 Å². The smallest absolute Gasteiger partial charge is 0.307 e. The number of carbonyl (C=O) groups is 2. The van der Waals surface area contributed by atoms with Crippen LogP contribution < -0.4 is 5.32 Å². The summed E-state index contributed by atoms with van der Waals surface area (Å²) >= 11 is 0. The zero-order chi connectivity index (χ0) is 11.1. The Hall–Kier alpha value is -1.32. The predicted octanol–water partition coefficient (Wildman–Crippen LogP) is 1.04. The van der Waals surface area contributed by atoms with Gasteiger partial charge in [0.05, 0.1) is 5.92 Å². The molecule has 0 heterocycles. The van der Waals surface area contributed by atoms with Gasteiger partial charge in [-0.3, -0.25) is 9.59 Å². The van der Waals surface area contributed by atoms with Crippen molar-refractivity contribution in [1.29, 1.82) is 0 Å². The maximum atomic E-state index is 11.2. The van der Waals surface area contributed by atoms with E-state index in [4.69, 9.17) is 5.11 Å². The van der Waals surface area contributed by atoms with Crippen LogP contribution in [-0.4, -0.2) is 24.0 Å². The van der Waals surface area contributed by atoms with Gasteiger partial charge < -0.3 is 10.4 Å². The Morgan fingerprint density at radius 1 is 1.50 bits per heavy atom. The highest BCUT2D eigenvalue weighted by molar-refractivity contribution is 5.84. The first-order valence-electron chi connectivity index (χ1n) is 4.60. The van der Waals surface area contributed by atoms with Crippen molar-refractivity contribution < 1.29 is 14.7 Å². The van der Waals surface area contributed by atoms with Crippen LogP contribution in [0.3, 0.4) is 0 Å². The van der Waals surface area contributed by atoms with E-state index in [1.165, 1.54) is 7.05 Å². The number of amides is 1. The van der Waals surface area contributed by atoms with E-state index in [1.54, 1.807) is 19.1 Å². The molecule has 0 saturated heterocycles. The van der Waals surface area contributed by atoms with E-state index in [0.29, 0.717) is 6.42 Å². The van der Waals surface area contributed by atoms with Gasteiger partial charge in [0.1, 0.15) is 0 Å². The van der Waals surface area contributed by atoms with Crippen LogP contribution in [-0.2, 0) is 9.59 Å².